The molecule has 1 atom stereocenters. The molecular formula is C23H30O4. The fourth-order valence-corrected chi connectivity index (χ4v) is 2.88. The number of unbranched alkanes of at least 4 members (excludes halogenated alkanes) is 3. The number of hydrogen-bond donors (Lipinski definition) is 0. The van der Waals surface area contributed by atoms with E-state index >= 15 is 0 Å². The Labute approximate surface area is 161 Å². The molecule has 0 bridgehead atoms. The molecule has 0 aromatic heterocycles. The third kappa shape index (κ3) is 7.05. The highest BCUT2D eigenvalue weighted by Gasteiger charge is 2.11. The molecule has 0 aliphatic heterocycles. The van der Waals surface area contributed by atoms with Crippen molar-refractivity contribution in [2.24, 2.45) is 5.92 Å². The maximum Gasteiger partial charge on any atom is 0.310 e. The maximum absolute atomic E-state index is 12.1. The zero-order valence-electron chi connectivity index (χ0n) is 16.4. The van der Waals surface area contributed by atoms with Crippen LogP contribution in [0.5, 0.6) is 0 Å². The fraction of sp³-hybridized carbons (Fsp3) is 0.478. The molecule has 0 N–H and O–H groups in total. The molecule has 4 nitrogen and oxygen atoms in total. The quantitative estimate of drug-likeness (QED) is 0.409. The summed E-state index contributed by atoms with van der Waals surface area (Å²) in [7, 11) is 0. The number of carbonyl (C=O) groups is 2. The van der Waals surface area contributed by atoms with Gasteiger partial charge >= 0.3 is 11.9 Å². The number of rotatable bonds is 11. The number of fused-ring (bicyclic) bond motifs is 1. The van der Waals surface area contributed by atoms with Crippen molar-refractivity contribution in [3.63, 3.8) is 0 Å². The number of ether oxygens (including phenoxy) is 2. The van der Waals surface area contributed by atoms with Gasteiger partial charge in [-0.15, -0.1) is 0 Å². The summed E-state index contributed by atoms with van der Waals surface area (Å²) in [6.07, 6.45) is 4.72. The standard InChI is InChI=1S/C23H30O4/c1-3-18(2)23(25)27-16-9-5-4-8-15-26-22(24)17-20-13-10-12-19-11-6-7-14-21(19)20/h6-7,10-14,18H,3-5,8-9,15-17H2,1-2H3. The molecule has 0 amide bonds. The molecule has 0 heterocycles. The van der Waals surface area contributed by atoms with Crippen LogP contribution in [-0.4, -0.2) is 25.2 Å². The van der Waals surface area contributed by atoms with Crippen LogP contribution >= 0.6 is 0 Å². The molecular weight excluding hydrogens is 340 g/mol. The van der Waals surface area contributed by atoms with Gasteiger partial charge in [0.25, 0.3) is 0 Å². The summed E-state index contributed by atoms with van der Waals surface area (Å²) in [6.45, 7) is 4.78. The van der Waals surface area contributed by atoms with Crippen LogP contribution in [0.25, 0.3) is 10.8 Å². The summed E-state index contributed by atoms with van der Waals surface area (Å²) >= 11 is 0. The van der Waals surface area contributed by atoms with E-state index in [0.29, 0.717) is 19.6 Å². The van der Waals surface area contributed by atoms with Gasteiger partial charge in [-0.05, 0) is 48.4 Å². The van der Waals surface area contributed by atoms with Gasteiger partial charge in [-0.25, -0.2) is 0 Å². The summed E-state index contributed by atoms with van der Waals surface area (Å²) in [6, 6.07) is 14.1. The molecule has 2 aromatic carbocycles. The second kappa shape index (κ2) is 11.4. The maximum atomic E-state index is 12.1. The van der Waals surface area contributed by atoms with E-state index in [2.05, 4.69) is 0 Å². The Kier molecular flexibility index (Phi) is 8.82. The molecule has 2 aromatic rings. The van der Waals surface area contributed by atoms with Gasteiger partial charge in [0.2, 0.25) is 0 Å². The molecule has 0 radical (unpaired) electrons. The first kappa shape index (κ1) is 20.9. The van der Waals surface area contributed by atoms with Crippen molar-refractivity contribution >= 4 is 22.7 Å². The van der Waals surface area contributed by atoms with Crippen molar-refractivity contribution in [3.05, 3.63) is 48.0 Å². The van der Waals surface area contributed by atoms with Crippen LogP contribution in [0, 0.1) is 5.92 Å². The van der Waals surface area contributed by atoms with E-state index in [1.165, 1.54) is 0 Å². The zero-order chi connectivity index (χ0) is 19.5. The average molecular weight is 370 g/mol. The van der Waals surface area contributed by atoms with Gasteiger partial charge in [-0.1, -0.05) is 56.3 Å². The Morgan fingerprint density at radius 1 is 0.889 bits per heavy atom. The number of carbonyl (C=O) groups excluding carboxylic acids is 2. The van der Waals surface area contributed by atoms with Gasteiger partial charge in [0.15, 0.2) is 0 Å². The molecule has 0 spiro atoms. The first-order chi connectivity index (χ1) is 13.1. The second-order valence-electron chi connectivity index (χ2n) is 6.93. The summed E-state index contributed by atoms with van der Waals surface area (Å²) in [5, 5.41) is 2.24. The lowest BCUT2D eigenvalue weighted by atomic mass is 10.0. The average Bonchev–Trinajstić information content (AvgIpc) is 2.69. The van der Waals surface area contributed by atoms with Gasteiger partial charge in [0.1, 0.15) is 0 Å². The third-order valence-electron chi connectivity index (χ3n) is 4.78. The Bertz CT molecular complexity index is 733. The minimum atomic E-state index is -0.186. The number of benzene rings is 2. The lowest BCUT2D eigenvalue weighted by Gasteiger charge is -2.09. The first-order valence-corrected chi connectivity index (χ1v) is 9.90. The minimum Gasteiger partial charge on any atom is -0.465 e. The molecule has 0 saturated heterocycles. The van der Waals surface area contributed by atoms with E-state index in [1.54, 1.807) is 0 Å². The first-order valence-electron chi connectivity index (χ1n) is 9.90. The van der Waals surface area contributed by atoms with E-state index in [1.807, 2.05) is 56.3 Å². The zero-order valence-corrected chi connectivity index (χ0v) is 16.4. The van der Waals surface area contributed by atoms with Crippen molar-refractivity contribution < 1.29 is 19.1 Å². The molecule has 2 rings (SSSR count). The monoisotopic (exact) mass is 370 g/mol. The lowest BCUT2D eigenvalue weighted by molar-refractivity contribution is -0.148. The van der Waals surface area contributed by atoms with E-state index in [0.717, 1.165) is 48.4 Å². The SMILES string of the molecule is CCC(C)C(=O)OCCCCCCOC(=O)Cc1cccc2ccccc12. The van der Waals surface area contributed by atoms with Crippen LogP contribution < -0.4 is 0 Å². The van der Waals surface area contributed by atoms with Crippen LogP contribution in [0.15, 0.2) is 42.5 Å². The molecule has 27 heavy (non-hydrogen) atoms. The summed E-state index contributed by atoms with van der Waals surface area (Å²) < 4.78 is 10.6. The summed E-state index contributed by atoms with van der Waals surface area (Å²) in [5.74, 6) is -0.320. The van der Waals surface area contributed by atoms with Gasteiger partial charge in [-0.3, -0.25) is 9.59 Å². The van der Waals surface area contributed by atoms with E-state index in [9.17, 15) is 9.59 Å². The predicted octanol–water partition coefficient (Wildman–Crippen LogP) is 5.08. The van der Waals surface area contributed by atoms with Crippen LogP contribution in [0.1, 0.15) is 51.5 Å². The minimum absolute atomic E-state index is 0.0221. The van der Waals surface area contributed by atoms with E-state index in [4.69, 9.17) is 9.47 Å². The Balaban J connectivity index is 1.58. The molecule has 0 fully saturated rings. The van der Waals surface area contributed by atoms with Crippen LogP contribution in [0.4, 0.5) is 0 Å². The largest absolute Gasteiger partial charge is 0.465 e. The van der Waals surface area contributed by atoms with Crippen LogP contribution in [0.2, 0.25) is 0 Å². The van der Waals surface area contributed by atoms with Crippen molar-refractivity contribution in [3.8, 4) is 0 Å². The normalized spacial score (nSPS) is 11.9. The van der Waals surface area contributed by atoms with Crippen molar-refractivity contribution in [1.29, 1.82) is 0 Å². The van der Waals surface area contributed by atoms with Crippen LogP contribution in [-0.2, 0) is 25.5 Å². The highest BCUT2D eigenvalue weighted by atomic mass is 16.5. The van der Waals surface area contributed by atoms with Crippen LogP contribution in [0.3, 0.4) is 0 Å². The second-order valence-corrected chi connectivity index (χ2v) is 6.93. The van der Waals surface area contributed by atoms with E-state index in [-0.39, 0.29) is 17.9 Å². The van der Waals surface area contributed by atoms with Crippen molar-refractivity contribution in [2.45, 2.75) is 52.4 Å². The topological polar surface area (TPSA) is 52.6 Å². The molecule has 0 aliphatic carbocycles. The van der Waals surface area contributed by atoms with E-state index < -0.39 is 0 Å². The van der Waals surface area contributed by atoms with Crippen molar-refractivity contribution in [2.75, 3.05) is 13.2 Å². The highest BCUT2D eigenvalue weighted by molar-refractivity contribution is 5.88. The lowest BCUT2D eigenvalue weighted by Crippen LogP contribution is -2.14. The molecule has 1 unspecified atom stereocenters. The smallest absolute Gasteiger partial charge is 0.310 e. The summed E-state index contributed by atoms with van der Waals surface area (Å²) in [4.78, 5) is 23.6. The fourth-order valence-electron chi connectivity index (χ4n) is 2.88. The Morgan fingerprint density at radius 2 is 1.56 bits per heavy atom. The number of hydrogen-bond acceptors (Lipinski definition) is 4. The van der Waals surface area contributed by atoms with Gasteiger partial charge < -0.3 is 9.47 Å². The molecule has 0 aliphatic rings. The molecule has 146 valence electrons. The number of esters is 2. The Hall–Kier alpha value is -2.36. The highest BCUT2D eigenvalue weighted by Crippen LogP contribution is 2.19. The van der Waals surface area contributed by atoms with Crippen molar-refractivity contribution in [1.82, 2.24) is 0 Å². The third-order valence-corrected chi connectivity index (χ3v) is 4.78. The molecule has 4 heteroatoms. The van der Waals surface area contributed by atoms with Gasteiger partial charge in [0, 0.05) is 0 Å². The predicted molar refractivity (Wildman–Crippen MR) is 107 cm³/mol. The summed E-state index contributed by atoms with van der Waals surface area (Å²) in [5.41, 5.74) is 1.00. The molecule has 0 saturated carbocycles. The Morgan fingerprint density at radius 3 is 2.30 bits per heavy atom. The van der Waals surface area contributed by atoms with Gasteiger partial charge in [-0.2, -0.15) is 0 Å². The van der Waals surface area contributed by atoms with Gasteiger partial charge in [0.05, 0.1) is 25.6 Å².